The van der Waals surface area contributed by atoms with Gasteiger partial charge in [-0.15, -0.1) is 0 Å². The van der Waals surface area contributed by atoms with Crippen molar-refractivity contribution < 1.29 is 13.9 Å². The molecular formula is C23H20FNO2. The minimum absolute atomic E-state index is 0.127. The normalized spacial score (nSPS) is 11.5. The second-order valence-electron chi connectivity index (χ2n) is 6.04. The van der Waals surface area contributed by atoms with E-state index in [0.717, 1.165) is 11.1 Å². The molecular weight excluding hydrogens is 341 g/mol. The fourth-order valence-corrected chi connectivity index (χ4v) is 2.85. The van der Waals surface area contributed by atoms with Crippen molar-refractivity contribution in [2.24, 2.45) is 4.99 Å². The number of carbonyl (C=O) groups excluding carboxylic acids is 1. The zero-order valence-electron chi connectivity index (χ0n) is 15.0. The van der Waals surface area contributed by atoms with Crippen molar-refractivity contribution in [2.75, 3.05) is 7.11 Å². The van der Waals surface area contributed by atoms with Crippen LogP contribution in [-0.4, -0.2) is 24.8 Å². The van der Waals surface area contributed by atoms with Crippen LogP contribution in [0.2, 0.25) is 0 Å². The molecule has 27 heavy (non-hydrogen) atoms. The fraction of sp³-hybridized carbons (Fsp3) is 0.130. The van der Waals surface area contributed by atoms with Crippen molar-refractivity contribution in [3.63, 3.8) is 0 Å². The summed E-state index contributed by atoms with van der Waals surface area (Å²) in [5, 5.41) is 0. The van der Waals surface area contributed by atoms with Crippen LogP contribution < -0.4 is 0 Å². The van der Waals surface area contributed by atoms with Gasteiger partial charge in [0.1, 0.15) is 5.82 Å². The lowest BCUT2D eigenvalue weighted by molar-refractivity contribution is -0.142. The average Bonchev–Trinajstić information content (AvgIpc) is 2.73. The first kappa shape index (κ1) is 18.5. The van der Waals surface area contributed by atoms with Gasteiger partial charge in [0.15, 0.2) is 6.04 Å². The highest BCUT2D eigenvalue weighted by Crippen LogP contribution is 2.16. The predicted molar refractivity (Wildman–Crippen MR) is 104 cm³/mol. The number of hydrogen-bond donors (Lipinski definition) is 0. The van der Waals surface area contributed by atoms with Gasteiger partial charge in [-0.1, -0.05) is 78.9 Å². The number of rotatable bonds is 6. The number of methoxy groups -OCH3 is 1. The topological polar surface area (TPSA) is 38.7 Å². The zero-order valence-corrected chi connectivity index (χ0v) is 15.0. The highest BCUT2D eigenvalue weighted by Gasteiger charge is 2.22. The minimum Gasteiger partial charge on any atom is -0.467 e. The molecule has 0 aromatic heterocycles. The molecule has 3 aromatic rings. The maximum atomic E-state index is 14.1. The summed E-state index contributed by atoms with van der Waals surface area (Å²) in [5.41, 5.74) is 2.86. The van der Waals surface area contributed by atoms with Crippen molar-refractivity contribution in [3.8, 4) is 0 Å². The number of ether oxygens (including phenoxy) is 1. The summed E-state index contributed by atoms with van der Waals surface area (Å²) < 4.78 is 19.0. The molecule has 136 valence electrons. The van der Waals surface area contributed by atoms with Gasteiger partial charge in [-0.25, -0.2) is 9.18 Å². The number of hydrogen-bond acceptors (Lipinski definition) is 3. The smallest absolute Gasteiger partial charge is 0.330 e. The quantitative estimate of drug-likeness (QED) is 0.481. The largest absolute Gasteiger partial charge is 0.467 e. The monoisotopic (exact) mass is 361 g/mol. The molecule has 1 unspecified atom stereocenters. The number of esters is 1. The first-order chi connectivity index (χ1) is 13.2. The van der Waals surface area contributed by atoms with Crippen molar-refractivity contribution in [3.05, 3.63) is 107 Å². The number of benzene rings is 3. The molecule has 0 spiro atoms. The van der Waals surface area contributed by atoms with Crippen molar-refractivity contribution >= 4 is 11.7 Å². The van der Waals surface area contributed by atoms with Crippen LogP contribution >= 0.6 is 0 Å². The Morgan fingerprint density at radius 1 is 0.889 bits per heavy atom. The number of aliphatic imine (C=N–C) groups is 1. The van der Waals surface area contributed by atoms with Gasteiger partial charge in [-0.05, 0) is 11.6 Å². The Labute approximate surface area is 158 Å². The van der Waals surface area contributed by atoms with E-state index >= 15 is 0 Å². The Hall–Kier alpha value is -3.27. The maximum absolute atomic E-state index is 14.1. The third-order valence-corrected chi connectivity index (χ3v) is 4.22. The van der Waals surface area contributed by atoms with Crippen LogP contribution in [0.3, 0.4) is 0 Å². The molecule has 0 radical (unpaired) electrons. The van der Waals surface area contributed by atoms with Crippen molar-refractivity contribution in [1.82, 2.24) is 0 Å². The van der Waals surface area contributed by atoms with Gasteiger partial charge in [0.2, 0.25) is 0 Å². The van der Waals surface area contributed by atoms with E-state index in [-0.39, 0.29) is 12.2 Å². The second kappa shape index (κ2) is 8.90. The number of carbonyl (C=O) groups is 1. The van der Waals surface area contributed by atoms with Gasteiger partial charge in [-0.3, -0.25) is 4.99 Å². The van der Waals surface area contributed by atoms with E-state index in [2.05, 4.69) is 0 Å². The highest BCUT2D eigenvalue weighted by molar-refractivity contribution is 6.13. The van der Waals surface area contributed by atoms with E-state index in [9.17, 15) is 9.18 Å². The van der Waals surface area contributed by atoms with E-state index in [4.69, 9.17) is 9.73 Å². The molecule has 3 nitrogen and oxygen atoms in total. The van der Waals surface area contributed by atoms with Crippen molar-refractivity contribution in [1.29, 1.82) is 0 Å². The molecule has 1 atom stereocenters. The molecule has 0 heterocycles. The Bertz CT molecular complexity index is 882. The molecule has 0 aliphatic heterocycles. The van der Waals surface area contributed by atoms with Crippen molar-refractivity contribution in [2.45, 2.75) is 12.5 Å². The van der Waals surface area contributed by atoms with E-state index < -0.39 is 12.0 Å². The molecule has 0 fully saturated rings. The summed E-state index contributed by atoms with van der Waals surface area (Å²) >= 11 is 0. The molecule has 0 aliphatic rings. The zero-order chi connectivity index (χ0) is 19.1. The Balaban J connectivity index is 2.06. The van der Waals surface area contributed by atoms with Gasteiger partial charge < -0.3 is 4.74 Å². The van der Waals surface area contributed by atoms with Gasteiger partial charge in [0, 0.05) is 17.5 Å². The molecule has 3 rings (SSSR count). The van der Waals surface area contributed by atoms with E-state index in [1.807, 2.05) is 60.7 Å². The van der Waals surface area contributed by atoms with Crippen LogP contribution in [0, 0.1) is 5.82 Å². The first-order valence-corrected chi connectivity index (χ1v) is 8.69. The predicted octanol–water partition coefficient (Wildman–Crippen LogP) is 4.45. The molecule has 0 aliphatic carbocycles. The lowest BCUT2D eigenvalue weighted by Gasteiger charge is -2.15. The lowest BCUT2D eigenvalue weighted by Crippen LogP contribution is -2.25. The summed E-state index contributed by atoms with van der Waals surface area (Å²) in [6.45, 7) is 0. The summed E-state index contributed by atoms with van der Waals surface area (Å²) in [4.78, 5) is 17.1. The molecule has 3 aromatic carbocycles. The Morgan fingerprint density at radius 2 is 1.41 bits per heavy atom. The van der Waals surface area contributed by atoms with Gasteiger partial charge in [-0.2, -0.15) is 0 Å². The summed E-state index contributed by atoms with van der Waals surface area (Å²) in [6.07, 6.45) is 0.127. The van der Waals surface area contributed by atoms with Crippen LogP contribution in [0.15, 0.2) is 89.9 Å². The van der Waals surface area contributed by atoms with Crippen LogP contribution in [-0.2, 0) is 16.0 Å². The van der Waals surface area contributed by atoms with Crippen LogP contribution in [0.5, 0.6) is 0 Å². The third kappa shape index (κ3) is 4.67. The van der Waals surface area contributed by atoms with Gasteiger partial charge >= 0.3 is 5.97 Å². The van der Waals surface area contributed by atoms with Gasteiger partial charge in [0.25, 0.3) is 0 Å². The van der Waals surface area contributed by atoms with E-state index in [0.29, 0.717) is 11.3 Å². The van der Waals surface area contributed by atoms with Crippen LogP contribution in [0.4, 0.5) is 4.39 Å². The van der Waals surface area contributed by atoms with Crippen LogP contribution in [0.1, 0.15) is 16.7 Å². The lowest BCUT2D eigenvalue weighted by atomic mass is 10.0. The Kier molecular flexibility index (Phi) is 6.10. The minimum atomic E-state index is -0.845. The molecule has 0 saturated heterocycles. The molecule has 0 amide bonds. The SMILES string of the molecule is COC(=O)C(Cc1ccccc1F)N=C(c1ccccc1)c1ccccc1. The van der Waals surface area contributed by atoms with E-state index in [1.54, 1.807) is 18.2 Å². The van der Waals surface area contributed by atoms with Gasteiger partial charge in [0.05, 0.1) is 12.8 Å². The second-order valence-corrected chi connectivity index (χ2v) is 6.04. The molecule has 0 N–H and O–H groups in total. The maximum Gasteiger partial charge on any atom is 0.330 e. The average molecular weight is 361 g/mol. The molecule has 4 heteroatoms. The summed E-state index contributed by atoms with van der Waals surface area (Å²) in [6, 6.07) is 24.8. The fourth-order valence-electron chi connectivity index (χ4n) is 2.85. The first-order valence-electron chi connectivity index (χ1n) is 8.69. The number of halogens is 1. The van der Waals surface area contributed by atoms with Crippen LogP contribution in [0.25, 0.3) is 0 Å². The van der Waals surface area contributed by atoms with E-state index in [1.165, 1.54) is 13.2 Å². The molecule has 0 saturated carbocycles. The number of nitrogens with zero attached hydrogens (tertiary/aromatic N) is 1. The third-order valence-electron chi connectivity index (χ3n) is 4.22. The highest BCUT2D eigenvalue weighted by atomic mass is 19.1. The Morgan fingerprint density at radius 3 is 1.93 bits per heavy atom. The molecule has 0 bridgehead atoms. The summed E-state index contributed by atoms with van der Waals surface area (Å²) in [5.74, 6) is -0.856. The summed E-state index contributed by atoms with van der Waals surface area (Å²) in [7, 11) is 1.32. The standard InChI is InChI=1S/C23H20FNO2/c1-27-23(26)21(16-19-14-8-9-15-20(19)24)25-22(17-10-4-2-5-11-17)18-12-6-3-7-13-18/h2-15,21H,16H2,1H3.